The van der Waals surface area contributed by atoms with Gasteiger partial charge in [0, 0.05) is 16.9 Å². The minimum atomic E-state index is -0.253. The fraction of sp³-hybridized carbons (Fsp3) is 0.389. The third-order valence-electron chi connectivity index (χ3n) is 3.54. The Bertz CT molecular complexity index is 725. The van der Waals surface area contributed by atoms with Crippen LogP contribution in [0.5, 0.6) is 0 Å². The summed E-state index contributed by atoms with van der Waals surface area (Å²) in [5, 5.41) is 8.51. The molecule has 128 valence electrons. The predicted molar refractivity (Wildman–Crippen MR) is 96.3 cm³/mol. The smallest absolute Gasteiger partial charge is 0.251 e. The van der Waals surface area contributed by atoms with Crippen LogP contribution in [0.2, 0.25) is 0 Å². The zero-order chi connectivity index (χ0) is 17.7. The molecule has 1 aromatic heterocycles. The number of carbonyl (C=O) groups excluding carboxylic acids is 2. The van der Waals surface area contributed by atoms with E-state index in [9.17, 15) is 9.59 Å². The standard InChI is InChI=1S/C18H23N3O2S/c1-11(2)18-21-15(10-24-18)13(4)20-16(22)9-19-17(23)14-7-5-6-12(3)8-14/h5-8,10-11,13H,9H2,1-4H3,(H,19,23)(H,20,22)/t13-/m0/s1. The Morgan fingerprint density at radius 3 is 2.62 bits per heavy atom. The maximum Gasteiger partial charge on any atom is 0.251 e. The Morgan fingerprint density at radius 1 is 1.25 bits per heavy atom. The largest absolute Gasteiger partial charge is 0.346 e. The highest BCUT2D eigenvalue weighted by Crippen LogP contribution is 2.22. The van der Waals surface area contributed by atoms with Crippen LogP contribution in [0.25, 0.3) is 0 Å². The van der Waals surface area contributed by atoms with Crippen molar-refractivity contribution < 1.29 is 9.59 Å². The third kappa shape index (κ3) is 4.89. The number of hydrogen-bond donors (Lipinski definition) is 2. The van der Waals surface area contributed by atoms with Crippen LogP contribution in [0.4, 0.5) is 0 Å². The van der Waals surface area contributed by atoms with Crippen LogP contribution < -0.4 is 10.6 Å². The van der Waals surface area contributed by atoms with Crippen LogP contribution in [0.3, 0.4) is 0 Å². The molecule has 2 amide bonds. The fourth-order valence-electron chi connectivity index (χ4n) is 2.18. The second kappa shape index (κ2) is 8.06. The molecular weight excluding hydrogens is 322 g/mol. The lowest BCUT2D eigenvalue weighted by Gasteiger charge is -2.12. The van der Waals surface area contributed by atoms with Gasteiger partial charge in [-0.1, -0.05) is 31.5 Å². The molecule has 1 heterocycles. The van der Waals surface area contributed by atoms with Crippen molar-refractivity contribution in [2.75, 3.05) is 6.54 Å². The molecule has 0 aliphatic carbocycles. The van der Waals surface area contributed by atoms with Gasteiger partial charge in [-0.3, -0.25) is 9.59 Å². The molecule has 5 nitrogen and oxygen atoms in total. The number of thiazole rings is 1. The van der Waals surface area contributed by atoms with E-state index in [1.165, 1.54) is 0 Å². The van der Waals surface area contributed by atoms with E-state index in [1.807, 2.05) is 31.4 Å². The van der Waals surface area contributed by atoms with Crippen LogP contribution in [0, 0.1) is 6.92 Å². The average Bonchev–Trinajstić information content (AvgIpc) is 3.03. The second-order valence-corrected chi connectivity index (χ2v) is 7.00. The van der Waals surface area contributed by atoms with Gasteiger partial charge in [-0.15, -0.1) is 11.3 Å². The van der Waals surface area contributed by atoms with Crippen molar-refractivity contribution in [3.05, 3.63) is 51.5 Å². The number of aryl methyl sites for hydroxylation is 1. The second-order valence-electron chi connectivity index (χ2n) is 6.11. The first kappa shape index (κ1) is 18.1. The summed E-state index contributed by atoms with van der Waals surface area (Å²) in [6, 6.07) is 7.08. The lowest BCUT2D eigenvalue weighted by atomic mass is 10.1. The molecule has 2 N–H and O–H groups in total. The molecule has 0 unspecified atom stereocenters. The monoisotopic (exact) mass is 345 g/mol. The van der Waals surface area contributed by atoms with Crippen molar-refractivity contribution in [2.24, 2.45) is 0 Å². The number of benzene rings is 1. The van der Waals surface area contributed by atoms with Crippen molar-refractivity contribution in [2.45, 2.75) is 39.7 Å². The van der Waals surface area contributed by atoms with Gasteiger partial charge in [-0.2, -0.15) is 0 Å². The zero-order valence-corrected chi connectivity index (χ0v) is 15.2. The number of amides is 2. The molecule has 0 spiro atoms. The number of carbonyl (C=O) groups is 2. The normalized spacial score (nSPS) is 12.0. The van der Waals surface area contributed by atoms with E-state index in [1.54, 1.807) is 23.5 Å². The van der Waals surface area contributed by atoms with Gasteiger partial charge in [0.2, 0.25) is 5.91 Å². The highest BCUT2D eigenvalue weighted by molar-refractivity contribution is 7.09. The van der Waals surface area contributed by atoms with Gasteiger partial charge in [-0.25, -0.2) is 4.98 Å². The Labute approximate surface area is 146 Å². The van der Waals surface area contributed by atoms with Gasteiger partial charge in [0.15, 0.2) is 0 Å². The SMILES string of the molecule is Cc1cccc(C(=O)NCC(=O)N[C@@H](C)c2csc(C(C)C)n2)c1. The molecule has 1 atom stereocenters. The van der Waals surface area contributed by atoms with E-state index < -0.39 is 0 Å². The summed E-state index contributed by atoms with van der Waals surface area (Å²) in [5.74, 6) is -0.111. The molecule has 24 heavy (non-hydrogen) atoms. The summed E-state index contributed by atoms with van der Waals surface area (Å²) < 4.78 is 0. The Kier molecular flexibility index (Phi) is 6.09. The van der Waals surface area contributed by atoms with Crippen LogP contribution in [0.1, 0.15) is 59.4 Å². The topological polar surface area (TPSA) is 71.1 Å². The maximum absolute atomic E-state index is 12.0. The number of nitrogens with zero attached hydrogens (tertiary/aromatic N) is 1. The first-order valence-electron chi connectivity index (χ1n) is 7.96. The molecule has 0 fully saturated rings. The fourth-order valence-corrected chi connectivity index (χ4v) is 3.11. The van der Waals surface area contributed by atoms with E-state index >= 15 is 0 Å². The summed E-state index contributed by atoms with van der Waals surface area (Å²) in [4.78, 5) is 28.6. The first-order chi connectivity index (χ1) is 11.4. The highest BCUT2D eigenvalue weighted by Gasteiger charge is 2.15. The van der Waals surface area contributed by atoms with Crippen molar-refractivity contribution in [1.29, 1.82) is 0 Å². The van der Waals surface area contributed by atoms with Crippen LogP contribution in [-0.2, 0) is 4.79 Å². The molecule has 0 bridgehead atoms. The number of hydrogen-bond acceptors (Lipinski definition) is 4. The lowest BCUT2D eigenvalue weighted by Crippen LogP contribution is -2.38. The molecule has 1 aromatic carbocycles. The minimum Gasteiger partial charge on any atom is -0.346 e. The summed E-state index contributed by atoms with van der Waals surface area (Å²) >= 11 is 1.60. The molecule has 2 rings (SSSR count). The molecular formula is C18H23N3O2S. The molecule has 0 radical (unpaired) electrons. The molecule has 0 saturated heterocycles. The van der Waals surface area contributed by atoms with E-state index in [0.717, 1.165) is 16.3 Å². The van der Waals surface area contributed by atoms with E-state index in [2.05, 4.69) is 29.5 Å². The molecule has 0 aliphatic heterocycles. The van der Waals surface area contributed by atoms with Gasteiger partial charge in [0.25, 0.3) is 5.91 Å². The Balaban J connectivity index is 1.85. The lowest BCUT2D eigenvalue weighted by molar-refractivity contribution is -0.120. The molecule has 0 saturated carbocycles. The van der Waals surface area contributed by atoms with Crippen molar-refractivity contribution in [1.82, 2.24) is 15.6 Å². The predicted octanol–water partition coefficient (Wildman–Crippen LogP) is 3.18. The average molecular weight is 345 g/mol. The molecule has 2 aromatic rings. The summed E-state index contributed by atoms with van der Waals surface area (Å²) in [7, 11) is 0. The molecule has 0 aliphatic rings. The van der Waals surface area contributed by atoms with Gasteiger partial charge in [0.05, 0.1) is 23.3 Å². The Hall–Kier alpha value is -2.21. The van der Waals surface area contributed by atoms with Gasteiger partial charge < -0.3 is 10.6 Å². The first-order valence-corrected chi connectivity index (χ1v) is 8.84. The van der Waals surface area contributed by atoms with E-state index in [-0.39, 0.29) is 24.4 Å². The highest BCUT2D eigenvalue weighted by atomic mass is 32.1. The number of nitrogens with one attached hydrogen (secondary N) is 2. The maximum atomic E-state index is 12.0. The quantitative estimate of drug-likeness (QED) is 0.845. The summed E-state index contributed by atoms with van der Waals surface area (Å²) in [5.41, 5.74) is 2.41. The van der Waals surface area contributed by atoms with Crippen molar-refractivity contribution in [3.8, 4) is 0 Å². The van der Waals surface area contributed by atoms with Gasteiger partial charge in [-0.05, 0) is 26.0 Å². The van der Waals surface area contributed by atoms with E-state index in [0.29, 0.717) is 11.5 Å². The van der Waals surface area contributed by atoms with Crippen LogP contribution >= 0.6 is 11.3 Å². The number of aromatic nitrogens is 1. The Morgan fingerprint density at radius 2 is 2.00 bits per heavy atom. The van der Waals surface area contributed by atoms with Crippen LogP contribution in [0.15, 0.2) is 29.6 Å². The summed E-state index contributed by atoms with van der Waals surface area (Å²) in [6.45, 7) is 7.93. The van der Waals surface area contributed by atoms with E-state index in [4.69, 9.17) is 0 Å². The van der Waals surface area contributed by atoms with Crippen molar-refractivity contribution >= 4 is 23.2 Å². The number of rotatable bonds is 6. The minimum absolute atomic E-state index is 0.0573. The third-order valence-corrected chi connectivity index (χ3v) is 4.71. The zero-order valence-electron chi connectivity index (χ0n) is 14.4. The van der Waals surface area contributed by atoms with Crippen molar-refractivity contribution in [3.63, 3.8) is 0 Å². The molecule has 6 heteroatoms. The van der Waals surface area contributed by atoms with Gasteiger partial charge in [0.1, 0.15) is 0 Å². The van der Waals surface area contributed by atoms with Crippen LogP contribution in [-0.4, -0.2) is 23.3 Å². The summed E-state index contributed by atoms with van der Waals surface area (Å²) in [6.07, 6.45) is 0. The van der Waals surface area contributed by atoms with Gasteiger partial charge >= 0.3 is 0 Å².